The standard InChI is InChI=1S/C33H41N3O4/c1-6-36(32(39)35-22-24-13-16-28(17-14-24)33(2,3)4)30(34)12-8-10-23-9-7-11-25(19-23)26-15-18-29(40-5)27(20-26)21-31(37)38/h7,9,11,13-20,34H,6,8,10,12,21-22H2,1-5H3,(H,35,39)(H,37,38). The first-order valence-electron chi connectivity index (χ1n) is 13.7. The summed E-state index contributed by atoms with van der Waals surface area (Å²) in [5.41, 5.74) is 6.02. The van der Waals surface area contributed by atoms with Crippen LogP contribution in [-0.2, 0) is 29.6 Å². The largest absolute Gasteiger partial charge is 0.496 e. The normalized spacial score (nSPS) is 11.1. The van der Waals surface area contributed by atoms with Crippen molar-refractivity contribution >= 4 is 17.8 Å². The fourth-order valence-corrected chi connectivity index (χ4v) is 4.61. The lowest BCUT2D eigenvalue weighted by molar-refractivity contribution is -0.136. The van der Waals surface area contributed by atoms with Gasteiger partial charge in [0.1, 0.15) is 11.6 Å². The molecule has 0 radical (unpaired) electrons. The lowest BCUT2D eigenvalue weighted by atomic mass is 9.87. The highest BCUT2D eigenvalue weighted by Crippen LogP contribution is 2.28. The number of hydrogen-bond donors (Lipinski definition) is 3. The zero-order valence-corrected chi connectivity index (χ0v) is 24.2. The average molecular weight is 544 g/mol. The molecule has 7 nitrogen and oxygen atoms in total. The third-order valence-corrected chi connectivity index (χ3v) is 6.91. The summed E-state index contributed by atoms with van der Waals surface area (Å²) >= 11 is 0. The molecule has 3 aromatic rings. The number of aliphatic carboxylic acids is 1. The first-order valence-corrected chi connectivity index (χ1v) is 13.7. The molecule has 0 aliphatic carbocycles. The Morgan fingerprint density at radius 1 is 0.975 bits per heavy atom. The van der Waals surface area contributed by atoms with Gasteiger partial charge in [0.15, 0.2) is 0 Å². The molecule has 0 saturated carbocycles. The molecule has 0 heterocycles. The molecule has 0 bridgehead atoms. The average Bonchev–Trinajstić information content (AvgIpc) is 2.92. The summed E-state index contributed by atoms with van der Waals surface area (Å²) in [6.07, 6.45) is 1.86. The Balaban J connectivity index is 1.55. The lowest BCUT2D eigenvalue weighted by Crippen LogP contribution is -2.43. The van der Waals surface area contributed by atoms with Gasteiger partial charge < -0.3 is 15.2 Å². The second-order valence-electron chi connectivity index (χ2n) is 10.9. The maximum absolute atomic E-state index is 12.8. The Hall–Kier alpha value is -4.13. The topological polar surface area (TPSA) is 103 Å². The molecule has 212 valence electrons. The van der Waals surface area contributed by atoms with E-state index in [0.717, 1.165) is 35.1 Å². The van der Waals surface area contributed by atoms with Crippen molar-refractivity contribution in [2.24, 2.45) is 0 Å². The highest BCUT2D eigenvalue weighted by atomic mass is 16.5. The van der Waals surface area contributed by atoms with E-state index in [1.807, 2.05) is 49.4 Å². The van der Waals surface area contributed by atoms with E-state index in [1.54, 1.807) is 6.07 Å². The van der Waals surface area contributed by atoms with Crippen molar-refractivity contribution in [1.82, 2.24) is 10.2 Å². The molecule has 2 amide bonds. The number of amides is 2. The van der Waals surface area contributed by atoms with E-state index in [4.69, 9.17) is 10.1 Å². The molecule has 3 aromatic carbocycles. The SMILES string of the molecule is CCN(C(=N)CCCc1cccc(-c2ccc(OC)c(CC(=O)O)c2)c1)C(=O)NCc1ccc(C(C)(C)C)cc1. The van der Waals surface area contributed by atoms with Crippen LogP contribution < -0.4 is 10.1 Å². The molecule has 0 aromatic heterocycles. The number of benzene rings is 3. The summed E-state index contributed by atoms with van der Waals surface area (Å²) in [6, 6.07) is 21.7. The number of urea groups is 1. The summed E-state index contributed by atoms with van der Waals surface area (Å²) in [4.78, 5) is 25.6. The molecule has 7 heteroatoms. The minimum atomic E-state index is -0.906. The Morgan fingerprint density at radius 3 is 2.30 bits per heavy atom. The number of amidine groups is 1. The van der Waals surface area contributed by atoms with Crippen LogP contribution in [0, 0.1) is 5.41 Å². The summed E-state index contributed by atoms with van der Waals surface area (Å²) < 4.78 is 5.32. The van der Waals surface area contributed by atoms with Crippen LogP contribution in [0.2, 0.25) is 0 Å². The van der Waals surface area contributed by atoms with Crippen molar-refractivity contribution in [2.75, 3.05) is 13.7 Å². The van der Waals surface area contributed by atoms with E-state index >= 15 is 0 Å². The number of nitrogens with one attached hydrogen (secondary N) is 2. The first-order chi connectivity index (χ1) is 19.0. The van der Waals surface area contributed by atoms with Crippen molar-refractivity contribution in [3.63, 3.8) is 0 Å². The van der Waals surface area contributed by atoms with Crippen molar-refractivity contribution in [1.29, 1.82) is 5.41 Å². The molecule has 0 fully saturated rings. The summed E-state index contributed by atoms with van der Waals surface area (Å²) in [5, 5.41) is 20.7. The van der Waals surface area contributed by atoms with Gasteiger partial charge in [-0.1, -0.05) is 75.4 Å². The molecule has 0 saturated heterocycles. The van der Waals surface area contributed by atoms with Crippen LogP contribution in [-0.4, -0.2) is 41.5 Å². The van der Waals surface area contributed by atoms with Crippen LogP contribution in [0.15, 0.2) is 66.7 Å². The van der Waals surface area contributed by atoms with E-state index in [0.29, 0.717) is 36.7 Å². The van der Waals surface area contributed by atoms with Crippen LogP contribution in [0.1, 0.15) is 62.8 Å². The van der Waals surface area contributed by atoms with Gasteiger partial charge in [-0.15, -0.1) is 0 Å². The number of methoxy groups -OCH3 is 1. The van der Waals surface area contributed by atoms with Gasteiger partial charge >= 0.3 is 12.0 Å². The second-order valence-corrected chi connectivity index (χ2v) is 10.9. The minimum absolute atomic E-state index is 0.0817. The Bertz CT molecular complexity index is 1330. The third-order valence-electron chi connectivity index (χ3n) is 6.91. The molecule has 0 aliphatic rings. The van der Waals surface area contributed by atoms with Gasteiger partial charge in [-0.25, -0.2) is 4.79 Å². The zero-order chi connectivity index (χ0) is 29.3. The molecule has 3 N–H and O–H groups in total. The zero-order valence-electron chi connectivity index (χ0n) is 24.2. The molecule has 40 heavy (non-hydrogen) atoms. The number of aryl methyl sites for hydroxylation is 1. The highest BCUT2D eigenvalue weighted by molar-refractivity contribution is 5.95. The number of nitrogens with zero attached hydrogens (tertiary/aromatic N) is 1. The van der Waals surface area contributed by atoms with Crippen LogP contribution in [0.4, 0.5) is 4.79 Å². The van der Waals surface area contributed by atoms with E-state index in [1.165, 1.54) is 17.6 Å². The first kappa shape index (κ1) is 30.4. The number of hydrogen-bond acceptors (Lipinski definition) is 4. The molecule has 3 rings (SSSR count). The molecular weight excluding hydrogens is 502 g/mol. The lowest BCUT2D eigenvalue weighted by Gasteiger charge is -2.22. The van der Waals surface area contributed by atoms with Crippen molar-refractivity contribution in [2.45, 2.75) is 65.3 Å². The minimum Gasteiger partial charge on any atom is -0.496 e. The van der Waals surface area contributed by atoms with E-state index in [9.17, 15) is 14.7 Å². The maximum atomic E-state index is 12.8. The smallest absolute Gasteiger partial charge is 0.323 e. The fraction of sp³-hybridized carbons (Fsp3) is 0.364. The van der Waals surface area contributed by atoms with Crippen LogP contribution in [0.25, 0.3) is 11.1 Å². The molecule has 0 unspecified atom stereocenters. The second kappa shape index (κ2) is 13.8. The molecule has 0 aliphatic heterocycles. The van der Waals surface area contributed by atoms with Crippen molar-refractivity contribution in [3.05, 3.63) is 89.0 Å². The number of carboxylic acids is 1. The van der Waals surface area contributed by atoms with Crippen LogP contribution >= 0.6 is 0 Å². The highest BCUT2D eigenvalue weighted by Gasteiger charge is 2.17. The van der Waals surface area contributed by atoms with Gasteiger partial charge in [0.25, 0.3) is 0 Å². The Morgan fingerprint density at radius 2 is 1.68 bits per heavy atom. The number of carbonyl (C=O) groups is 2. The van der Waals surface area contributed by atoms with Gasteiger partial charge in [-0.05, 0) is 65.1 Å². The van der Waals surface area contributed by atoms with Gasteiger partial charge in [-0.2, -0.15) is 0 Å². The monoisotopic (exact) mass is 543 g/mol. The number of carboxylic acid groups (broad SMARTS) is 1. The Labute approximate surface area is 237 Å². The number of carbonyl (C=O) groups excluding carboxylic acids is 1. The van der Waals surface area contributed by atoms with Gasteiger partial charge in [-0.3, -0.25) is 15.1 Å². The van der Waals surface area contributed by atoms with E-state index in [-0.39, 0.29) is 17.9 Å². The summed E-state index contributed by atoms with van der Waals surface area (Å²) in [5.74, 6) is -0.0484. The predicted molar refractivity (Wildman–Crippen MR) is 160 cm³/mol. The number of ether oxygens (including phenoxy) is 1. The van der Waals surface area contributed by atoms with Gasteiger partial charge in [0, 0.05) is 25.1 Å². The van der Waals surface area contributed by atoms with Gasteiger partial charge in [0.2, 0.25) is 0 Å². The predicted octanol–water partition coefficient (Wildman–Crippen LogP) is 6.82. The third kappa shape index (κ3) is 8.43. The summed E-state index contributed by atoms with van der Waals surface area (Å²) in [7, 11) is 1.54. The quantitative estimate of drug-likeness (QED) is 0.182. The maximum Gasteiger partial charge on any atom is 0.323 e. The molecule has 0 atom stereocenters. The van der Waals surface area contributed by atoms with E-state index < -0.39 is 5.97 Å². The molecule has 0 spiro atoms. The van der Waals surface area contributed by atoms with Gasteiger partial charge in [0.05, 0.1) is 13.5 Å². The number of rotatable bonds is 11. The van der Waals surface area contributed by atoms with E-state index in [2.05, 4.69) is 44.3 Å². The van der Waals surface area contributed by atoms with Crippen molar-refractivity contribution in [3.8, 4) is 16.9 Å². The molecular formula is C33H41N3O4. The summed E-state index contributed by atoms with van der Waals surface area (Å²) in [6.45, 7) is 9.24. The van der Waals surface area contributed by atoms with Crippen LogP contribution in [0.3, 0.4) is 0 Å². The van der Waals surface area contributed by atoms with Crippen LogP contribution in [0.5, 0.6) is 5.75 Å². The Kier molecular flexibility index (Phi) is 10.5. The fourth-order valence-electron chi connectivity index (χ4n) is 4.61. The van der Waals surface area contributed by atoms with Crippen molar-refractivity contribution < 1.29 is 19.4 Å².